The molecule has 0 radical (unpaired) electrons. The molecule has 1 aliphatic heterocycles. The second-order valence-electron chi connectivity index (χ2n) is 6.72. The molecular weight excluding hydrogens is 361 g/mol. The van der Waals surface area contributed by atoms with E-state index in [4.69, 9.17) is 14.6 Å². The molecule has 0 aromatic heterocycles. The maximum atomic E-state index is 13.0. The van der Waals surface area contributed by atoms with Gasteiger partial charge in [-0.1, -0.05) is 13.0 Å². The Labute approximate surface area is 163 Å². The van der Waals surface area contributed by atoms with E-state index in [1.807, 2.05) is 25.1 Å². The van der Waals surface area contributed by atoms with Gasteiger partial charge in [-0.05, 0) is 60.4 Å². The Hall–Kier alpha value is -2.89. The summed E-state index contributed by atoms with van der Waals surface area (Å²) in [6.07, 6.45) is 2.20. The van der Waals surface area contributed by atoms with Crippen LogP contribution >= 0.6 is 0 Å². The molecule has 1 unspecified atom stereocenters. The third kappa shape index (κ3) is 5.31. The van der Waals surface area contributed by atoms with Crippen LogP contribution in [0.15, 0.2) is 47.5 Å². The lowest BCUT2D eigenvalue weighted by atomic mass is 10.0. The van der Waals surface area contributed by atoms with E-state index in [0.29, 0.717) is 32.0 Å². The molecule has 2 aromatic carbocycles. The first-order valence-corrected chi connectivity index (χ1v) is 9.48. The summed E-state index contributed by atoms with van der Waals surface area (Å²) in [5.41, 5.74) is 2.93. The van der Waals surface area contributed by atoms with Crippen molar-refractivity contribution in [3.8, 4) is 5.75 Å². The van der Waals surface area contributed by atoms with Crippen LogP contribution in [0.1, 0.15) is 36.5 Å². The number of carboxylic acids is 1. The van der Waals surface area contributed by atoms with Crippen LogP contribution in [0.5, 0.6) is 5.75 Å². The molecule has 1 aliphatic rings. The summed E-state index contributed by atoms with van der Waals surface area (Å²) in [7, 11) is 0. The Balaban J connectivity index is 1.52. The normalized spacial score (nSPS) is 15.8. The second kappa shape index (κ2) is 9.35. The molecule has 0 bridgehead atoms. The highest BCUT2D eigenvalue weighted by Crippen LogP contribution is 2.21. The van der Waals surface area contributed by atoms with Gasteiger partial charge in [-0.2, -0.15) is 0 Å². The van der Waals surface area contributed by atoms with Crippen molar-refractivity contribution >= 4 is 11.9 Å². The quantitative estimate of drug-likeness (QED) is 0.708. The van der Waals surface area contributed by atoms with Crippen LogP contribution in [0.4, 0.5) is 4.39 Å². The Morgan fingerprint density at radius 1 is 1.25 bits per heavy atom. The number of aryl methyl sites for hydroxylation is 2. The molecule has 1 atom stereocenters. The van der Waals surface area contributed by atoms with Crippen LogP contribution in [0.3, 0.4) is 0 Å². The average molecular weight is 385 g/mol. The summed E-state index contributed by atoms with van der Waals surface area (Å²) in [4.78, 5) is 15.3. The summed E-state index contributed by atoms with van der Waals surface area (Å²) in [6.45, 7) is 3.04. The first kappa shape index (κ1) is 19.9. The Morgan fingerprint density at radius 2 is 2.04 bits per heavy atom. The minimum atomic E-state index is -0.790. The zero-order valence-electron chi connectivity index (χ0n) is 15.9. The number of ether oxygens (including phenoxy) is 2. The molecule has 0 aliphatic carbocycles. The van der Waals surface area contributed by atoms with Crippen molar-refractivity contribution in [3.05, 3.63) is 65.0 Å². The average Bonchev–Trinajstić information content (AvgIpc) is 3.16. The number of aliphatic imine (C=N–C) groups is 1. The molecule has 3 rings (SSSR count). The van der Waals surface area contributed by atoms with Crippen LogP contribution in [-0.4, -0.2) is 36.2 Å². The molecule has 2 aromatic rings. The molecule has 0 saturated carbocycles. The molecule has 0 fully saturated rings. The predicted molar refractivity (Wildman–Crippen MR) is 105 cm³/mol. The molecule has 0 saturated heterocycles. The lowest BCUT2D eigenvalue weighted by Gasteiger charge is -2.12. The number of carboxylic acid groups (broad SMARTS) is 1. The first-order valence-electron chi connectivity index (χ1n) is 9.48. The predicted octanol–water partition coefficient (Wildman–Crippen LogP) is 4.02. The molecule has 5 nitrogen and oxygen atoms in total. The highest BCUT2D eigenvalue weighted by Gasteiger charge is 2.20. The fraction of sp³-hybridized carbons (Fsp3) is 0.364. The van der Waals surface area contributed by atoms with Gasteiger partial charge in [-0.3, -0.25) is 4.79 Å². The lowest BCUT2D eigenvalue weighted by Crippen LogP contribution is -2.11. The Morgan fingerprint density at radius 3 is 2.75 bits per heavy atom. The minimum absolute atomic E-state index is 0.0144. The minimum Gasteiger partial charge on any atom is -0.494 e. The van der Waals surface area contributed by atoms with E-state index in [2.05, 4.69) is 4.99 Å². The van der Waals surface area contributed by atoms with Gasteiger partial charge in [-0.15, -0.1) is 0 Å². The number of nitrogens with zero attached hydrogens (tertiary/aromatic N) is 1. The second-order valence-corrected chi connectivity index (χ2v) is 6.72. The van der Waals surface area contributed by atoms with Gasteiger partial charge in [0.15, 0.2) is 0 Å². The van der Waals surface area contributed by atoms with Crippen LogP contribution in [0, 0.1) is 5.82 Å². The molecule has 1 heterocycles. The van der Waals surface area contributed by atoms with E-state index >= 15 is 0 Å². The van der Waals surface area contributed by atoms with Gasteiger partial charge in [0.2, 0.25) is 5.90 Å². The maximum absolute atomic E-state index is 13.0. The molecule has 28 heavy (non-hydrogen) atoms. The molecule has 148 valence electrons. The third-order valence-corrected chi connectivity index (χ3v) is 4.69. The number of hydrogen-bond donors (Lipinski definition) is 1. The first-order chi connectivity index (χ1) is 13.5. The number of halogens is 1. The van der Waals surface area contributed by atoms with Crippen molar-refractivity contribution in [2.24, 2.45) is 4.99 Å². The van der Waals surface area contributed by atoms with E-state index in [0.717, 1.165) is 28.9 Å². The van der Waals surface area contributed by atoms with Gasteiger partial charge >= 0.3 is 5.97 Å². The standard InChI is InChI=1S/C22H24FNO4/c1-2-15-13-20(9-5-16(15)6-10-21(25)26)27-12-11-19-14-28-22(24-19)17-3-7-18(23)8-4-17/h3-5,7-9,13,19H,2,6,10-12,14H2,1H3,(H,25,26). The Kier molecular flexibility index (Phi) is 6.63. The van der Waals surface area contributed by atoms with Crippen LogP contribution in [0.25, 0.3) is 0 Å². The van der Waals surface area contributed by atoms with Gasteiger partial charge in [-0.25, -0.2) is 9.38 Å². The van der Waals surface area contributed by atoms with Gasteiger partial charge in [0.1, 0.15) is 18.2 Å². The smallest absolute Gasteiger partial charge is 0.303 e. The van der Waals surface area contributed by atoms with E-state index in [1.54, 1.807) is 12.1 Å². The van der Waals surface area contributed by atoms with Gasteiger partial charge in [0, 0.05) is 18.4 Å². The fourth-order valence-corrected chi connectivity index (χ4v) is 3.13. The van der Waals surface area contributed by atoms with E-state index in [1.165, 1.54) is 12.1 Å². The van der Waals surface area contributed by atoms with Crippen molar-refractivity contribution in [1.82, 2.24) is 0 Å². The summed E-state index contributed by atoms with van der Waals surface area (Å²) >= 11 is 0. The zero-order valence-corrected chi connectivity index (χ0v) is 15.9. The van der Waals surface area contributed by atoms with Crippen molar-refractivity contribution in [2.45, 2.75) is 38.6 Å². The molecule has 6 heteroatoms. The van der Waals surface area contributed by atoms with Crippen molar-refractivity contribution in [1.29, 1.82) is 0 Å². The number of hydrogen-bond acceptors (Lipinski definition) is 4. The van der Waals surface area contributed by atoms with Crippen LogP contribution in [-0.2, 0) is 22.4 Å². The zero-order chi connectivity index (χ0) is 19.9. The van der Waals surface area contributed by atoms with Gasteiger partial charge in [0.25, 0.3) is 0 Å². The topological polar surface area (TPSA) is 68.1 Å². The van der Waals surface area contributed by atoms with E-state index < -0.39 is 5.97 Å². The summed E-state index contributed by atoms with van der Waals surface area (Å²) in [6, 6.07) is 11.9. The SMILES string of the molecule is CCc1cc(OCCC2COC(c3ccc(F)cc3)=N2)ccc1CCC(=O)O. The van der Waals surface area contributed by atoms with E-state index in [-0.39, 0.29) is 18.3 Å². The molecular formula is C22H24FNO4. The number of rotatable bonds is 9. The molecule has 0 amide bonds. The van der Waals surface area contributed by atoms with Crippen LogP contribution in [0.2, 0.25) is 0 Å². The summed E-state index contributed by atoms with van der Waals surface area (Å²) in [5.74, 6) is 0.244. The van der Waals surface area contributed by atoms with E-state index in [9.17, 15) is 9.18 Å². The molecule has 1 N–H and O–H groups in total. The lowest BCUT2D eigenvalue weighted by molar-refractivity contribution is -0.136. The van der Waals surface area contributed by atoms with Crippen molar-refractivity contribution < 1.29 is 23.8 Å². The number of aliphatic carboxylic acids is 1. The molecule has 0 spiro atoms. The van der Waals surface area contributed by atoms with Crippen molar-refractivity contribution in [3.63, 3.8) is 0 Å². The largest absolute Gasteiger partial charge is 0.494 e. The van der Waals surface area contributed by atoms with Gasteiger partial charge < -0.3 is 14.6 Å². The third-order valence-electron chi connectivity index (χ3n) is 4.69. The van der Waals surface area contributed by atoms with Crippen molar-refractivity contribution in [2.75, 3.05) is 13.2 Å². The monoisotopic (exact) mass is 385 g/mol. The highest BCUT2D eigenvalue weighted by molar-refractivity contribution is 5.95. The highest BCUT2D eigenvalue weighted by atomic mass is 19.1. The van der Waals surface area contributed by atoms with Gasteiger partial charge in [0.05, 0.1) is 12.6 Å². The maximum Gasteiger partial charge on any atom is 0.303 e. The van der Waals surface area contributed by atoms with Crippen LogP contribution < -0.4 is 4.74 Å². The number of benzene rings is 2. The fourth-order valence-electron chi connectivity index (χ4n) is 3.13. The number of carbonyl (C=O) groups is 1. The summed E-state index contributed by atoms with van der Waals surface area (Å²) in [5, 5.41) is 8.85. The Bertz CT molecular complexity index is 848. The summed E-state index contributed by atoms with van der Waals surface area (Å²) < 4.78 is 24.5.